The third kappa shape index (κ3) is 5.24. The van der Waals surface area contributed by atoms with E-state index in [-0.39, 0.29) is 5.91 Å². The molecule has 0 saturated heterocycles. The Morgan fingerprint density at radius 2 is 2.10 bits per heavy atom. The fraction of sp³-hybridized carbons (Fsp3) is 0.133. The monoisotopic (exact) mass is 285 g/mol. The van der Waals surface area contributed by atoms with Crippen molar-refractivity contribution in [1.82, 2.24) is 10.4 Å². The second-order valence-corrected chi connectivity index (χ2v) is 5.04. The third-order valence-corrected chi connectivity index (χ3v) is 3.44. The number of hydrazone groups is 1. The number of pyridine rings is 1. The van der Waals surface area contributed by atoms with E-state index in [0.29, 0.717) is 5.75 Å². The first-order valence-corrected chi connectivity index (χ1v) is 7.33. The molecular weight excluding hydrogens is 270 g/mol. The van der Waals surface area contributed by atoms with Gasteiger partial charge in [-0.15, -0.1) is 11.8 Å². The molecule has 0 spiro atoms. The summed E-state index contributed by atoms with van der Waals surface area (Å²) in [7, 11) is 0. The van der Waals surface area contributed by atoms with Crippen LogP contribution in [0.5, 0.6) is 0 Å². The van der Waals surface area contributed by atoms with Crippen LogP contribution < -0.4 is 5.43 Å². The molecule has 0 fully saturated rings. The number of amides is 1. The molecule has 5 heteroatoms. The molecule has 0 aliphatic rings. The molecule has 1 amide bonds. The predicted molar refractivity (Wildman–Crippen MR) is 82.6 cm³/mol. The normalized spacial score (nSPS) is 10.6. The van der Waals surface area contributed by atoms with Crippen molar-refractivity contribution in [2.75, 3.05) is 5.75 Å². The van der Waals surface area contributed by atoms with E-state index < -0.39 is 0 Å². The fourth-order valence-corrected chi connectivity index (χ4v) is 2.28. The first kappa shape index (κ1) is 14.3. The highest BCUT2D eigenvalue weighted by Gasteiger charge is 2.00. The van der Waals surface area contributed by atoms with Crippen molar-refractivity contribution >= 4 is 23.9 Å². The van der Waals surface area contributed by atoms with E-state index >= 15 is 0 Å². The second-order valence-electron chi connectivity index (χ2n) is 4.06. The maximum absolute atomic E-state index is 11.6. The molecule has 0 bridgehead atoms. The van der Waals surface area contributed by atoms with Crippen LogP contribution in [0.15, 0.2) is 60.0 Å². The lowest BCUT2D eigenvalue weighted by atomic mass is 10.2. The number of benzene rings is 1. The molecule has 2 aromatic rings. The molecule has 1 heterocycles. The van der Waals surface area contributed by atoms with E-state index in [4.69, 9.17) is 0 Å². The maximum Gasteiger partial charge on any atom is 0.250 e. The molecule has 0 saturated carbocycles. The average molecular weight is 285 g/mol. The summed E-state index contributed by atoms with van der Waals surface area (Å²) in [6, 6.07) is 13.7. The van der Waals surface area contributed by atoms with Gasteiger partial charge in [-0.1, -0.05) is 36.4 Å². The molecule has 0 aliphatic heterocycles. The van der Waals surface area contributed by atoms with Crippen LogP contribution in [0.25, 0.3) is 0 Å². The zero-order chi connectivity index (χ0) is 14.0. The van der Waals surface area contributed by atoms with Crippen LogP contribution in [0.2, 0.25) is 0 Å². The lowest BCUT2D eigenvalue weighted by Gasteiger charge is -2.01. The molecule has 20 heavy (non-hydrogen) atoms. The smallest absolute Gasteiger partial charge is 0.250 e. The van der Waals surface area contributed by atoms with Crippen molar-refractivity contribution < 1.29 is 4.79 Å². The average Bonchev–Trinajstić information content (AvgIpc) is 2.49. The van der Waals surface area contributed by atoms with Crippen molar-refractivity contribution in [1.29, 1.82) is 0 Å². The Morgan fingerprint density at radius 3 is 2.85 bits per heavy atom. The maximum atomic E-state index is 11.6. The Balaban J connectivity index is 1.67. The minimum atomic E-state index is -0.105. The van der Waals surface area contributed by atoms with Crippen LogP contribution >= 0.6 is 11.8 Å². The summed E-state index contributed by atoms with van der Waals surface area (Å²) in [4.78, 5) is 15.5. The van der Waals surface area contributed by atoms with E-state index in [1.165, 1.54) is 5.56 Å². The topological polar surface area (TPSA) is 54.4 Å². The lowest BCUT2D eigenvalue weighted by molar-refractivity contribution is -0.118. The predicted octanol–water partition coefficient (Wildman–Crippen LogP) is 2.47. The van der Waals surface area contributed by atoms with Gasteiger partial charge in [-0.3, -0.25) is 9.78 Å². The molecule has 0 atom stereocenters. The van der Waals surface area contributed by atoms with E-state index in [1.807, 2.05) is 42.5 Å². The Labute approximate surface area is 122 Å². The summed E-state index contributed by atoms with van der Waals surface area (Å²) in [6.07, 6.45) is 4.95. The molecule has 0 unspecified atom stereocenters. The van der Waals surface area contributed by atoms with Crippen LogP contribution in [0, 0.1) is 0 Å². The standard InChI is InChI=1S/C15H15N3OS/c19-15(12-20-11-13-5-2-1-3-6-13)18-17-10-14-7-4-8-16-9-14/h1-10H,11-12H2,(H,18,19)/b17-10+. The molecule has 2 rings (SSSR count). The molecule has 102 valence electrons. The fourth-order valence-electron chi connectivity index (χ4n) is 1.50. The van der Waals surface area contributed by atoms with E-state index in [0.717, 1.165) is 11.3 Å². The Morgan fingerprint density at radius 1 is 1.25 bits per heavy atom. The number of hydrogen-bond donors (Lipinski definition) is 1. The minimum absolute atomic E-state index is 0.105. The van der Waals surface area contributed by atoms with Crippen molar-refractivity contribution in [3.63, 3.8) is 0 Å². The van der Waals surface area contributed by atoms with Gasteiger partial charge in [0, 0.05) is 23.7 Å². The van der Waals surface area contributed by atoms with Gasteiger partial charge in [0.1, 0.15) is 0 Å². The Bertz CT molecular complexity index is 558. The van der Waals surface area contributed by atoms with Gasteiger partial charge in [0.2, 0.25) is 5.91 Å². The SMILES string of the molecule is O=C(CSCc1ccccc1)N/N=C/c1cccnc1. The number of thioether (sulfide) groups is 1. The molecule has 4 nitrogen and oxygen atoms in total. The number of nitrogens with one attached hydrogen (secondary N) is 1. The molecule has 1 aromatic heterocycles. The summed E-state index contributed by atoms with van der Waals surface area (Å²) in [5.41, 5.74) is 4.56. The molecular formula is C15H15N3OS. The lowest BCUT2D eigenvalue weighted by Crippen LogP contribution is -2.19. The van der Waals surface area contributed by atoms with Gasteiger partial charge < -0.3 is 0 Å². The van der Waals surface area contributed by atoms with Crippen LogP contribution in [-0.2, 0) is 10.5 Å². The number of hydrogen-bond acceptors (Lipinski definition) is 4. The zero-order valence-electron chi connectivity index (χ0n) is 10.9. The number of carbonyl (C=O) groups is 1. The van der Waals surface area contributed by atoms with Gasteiger partial charge in [-0.2, -0.15) is 5.10 Å². The number of rotatable bonds is 6. The molecule has 1 N–H and O–H groups in total. The largest absolute Gasteiger partial charge is 0.272 e. The number of carbonyl (C=O) groups excluding carboxylic acids is 1. The third-order valence-electron chi connectivity index (χ3n) is 2.43. The van der Waals surface area contributed by atoms with Crippen molar-refractivity contribution in [3.8, 4) is 0 Å². The van der Waals surface area contributed by atoms with Crippen LogP contribution in [0.1, 0.15) is 11.1 Å². The second kappa shape index (κ2) is 8.12. The quantitative estimate of drug-likeness (QED) is 0.655. The molecule has 1 aromatic carbocycles. The van der Waals surface area contributed by atoms with Gasteiger partial charge in [0.25, 0.3) is 0 Å². The summed E-state index contributed by atoms with van der Waals surface area (Å²) in [5.74, 6) is 1.10. The van der Waals surface area contributed by atoms with Gasteiger partial charge in [-0.05, 0) is 11.6 Å². The van der Waals surface area contributed by atoms with Crippen LogP contribution in [0.3, 0.4) is 0 Å². The summed E-state index contributed by atoms with van der Waals surface area (Å²) < 4.78 is 0. The van der Waals surface area contributed by atoms with E-state index in [9.17, 15) is 4.79 Å². The highest BCUT2D eigenvalue weighted by atomic mass is 32.2. The van der Waals surface area contributed by atoms with Gasteiger partial charge in [0.05, 0.1) is 12.0 Å². The van der Waals surface area contributed by atoms with Crippen molar-refractivity contribution in [3.05, 3.63) is 66.0 Å². The van der Waals surface area contributed by atoms with Gasteiger partial charge in [0.15, 0.2) is 0 Å². The van der Waals surface area contributed by atoms with Crippen molar-refractivity contribution in [2.45, 2.75) is 5.75 Å². The van der Waals surface area contributed by atoms with E-state index in [2.05, 4.69) is 15.5 Å². The van der Waals surface area contributed by atoms with Crippen molar-refractivity contribution in [2.24, 2.45) is 5.10 Å². The first-order chi connectivity index (χ1) is 9.84. The summed E-state index contributed by atoms with van der Waals surface area (Å²) in [5, 5.41) is 3.89. The molecule has 0 radical (unpaired) electrons. The zero-order valence-corrected chi connectivity index (χ0v) is 11.7. The number of nitrogens with zero attached hydrogens (tertiary/aromatic N) is 2. The highest BCUT2D eigenvalue weighted by Crippen LogP contribution is 2.10. The van der Waals surface area contributed by atoms with Gasteiger partial charge >= 0.3 is 0 Å². The summed E-state index contributed by atoms with van der Waals surface area (Å²) >= 11 is 1.56. The Kier molecular flexibility index (Phi) is 5.79. The minimum Gasteiger partial charge on any atom is -0.272 e. The van der Waals surface area contributed by atoms with E-state index in [1.54, 1.807) is 30.4 Å². The number of aromatic nitrogens is 1. The molecule has 0 aliphatic carbocycles. The van der Waals surface area contributed by atoms with Gasteiger partial charge in [-0.25, -0.2) is 5.43 Å². The summed E-state index contributed by atoms with van der Waals surface area (Å²) in [6.45, 7) is 0. The highest BCUT2D eigenvalue weighted by molar-refractivity contribution is 7.99. The Hall–Kier alpha value is -2.14. The van der Waals surface area contributed by atoms with Crippen LogP contribution in [-0.4, -0.2) is 22.9 Å². The van der Waals surface area contributed by atoms with Crippen LogP contribution in [0.4, 0.5) is 0 Å². The first-order valence-electron chi connectivity index (χ1n) is 6.18.